The predicted octanol–water partition coefficient (Wildman–Crippen LogP) is 1.11. The van der Waals surface area contributed by atoms with Crippen LogP contribution < -0.4 is 0 Å². The second-order valence-electron chi connectivity index (χ2n) is 3.94. The van der Waals surface area contributed by atoms with Crippen molar-refractivity contribution in [2.75, 3.05) is 5.75 Å². The molecular formula is C9H18O3S. The molecule has 78 valence electrons. The molecular weight excluding hydrogens is 188 g/mol. The summed E-state index contributed by atoms with van der Waals surface area (Å²) in [4.78, 5) is 0. The van der Waals surface area contributed by atoms with Crippen LogP contribution in [0, 0.1) is 0 Å². The van der Waals surface area contributed by atoms with Gasteiger partial charge in [0, 0.05) is 0 Å². The molecule has 0 heterocycles. The molecule has 1 aliphatic rings. The van der Waals surface area contributed by atoms with Gasteiger partial charge in [0.25, 0.3) is 0 Å². The Morgan fingerprint density at radius 2 is 1.85 bits per heavy atom. The normalized spacial score (nSPS) is 22.9. The van der Waals surface area contributed by atoms with Gasteiger partial charge in [-0.25, -0.2) is 8.42 Å². The van der Waals surface area contributed by atoms with E-state index in [2.05, 4.69) is 0 Å². The average molecular weight is 206 g/mol. The molecule has 1 N–H and O–H groups in total. The largest absolute Gasteiger partial charge is 0.392 e. The molecule has 0 spiro atoms. The number of aliphatic hydroxyl groups is 1. The quantitative estimate of drug-likeness (QED) is 0.752. The zero-order chi connectivity index (χ0) is 9.90. The van der Waals surface area contributed by atoms with Gasteiger partial charge in [-0.3, -0.25) is 0 Å². The second-order valence-corrected chi connectivity index (χ2v) is 6.26. The first-order chi connectivity index (χ1) is 6.02. The minimum absolute atomic E-state index is 0.0718. The highest BCUT2D eigenvalue weighted by atomic mass is 32.2. The van der Waals surface area contributed by atoms with E-state index in [-0.39, 0.29) is 11.0 Å². The number of aliphatic hydroxyl groups excluding tert-OH is 1. The van der Waals surface area contributed by atoms with Crippen LogP contribution in [0.1, 0.15) is 39.0 Å². The van der Waals surface area contributed by atoms with Gasteiger partial charge in [0.05, 0.1) is 17.1 Å². The van der Waals surface area contributed by atoms with Crippen LogP contribution in [-0.2, 0) is 9.84 Å². The van der Waals surface area contributed by atoms with Gasteiger partial charge < -0.3 is 5.11 Å². The second kappa shape index (κ2) is 4.42. The third-order valence-corrected chi connectivity index (χ3v) is 4.97. The Bertz CT molecular complexity index is 238. The molecule has 3 nitrogen and oxygen atoms in total. The predicted molar refractivity (Wildman–Crippen MR) is 52.3 cm³/mol. The Morgan fingerprint density at radius 3 is 2.31 bits per heavy atom. The highest BCUT2D eigenvalue weighted by Crippen LogP contribution is 2.24. The summed E-state index contributed by atoms with van der Waals surface area (Å²) < 4.78 is 23.3. The standard InChI is InChI=1S/C9H18O3S/c1-8(10)7-13(11,12)9-5-3-2-4-6-9/h8-10H,2-7H2,1H3. The molecule has 0 aromatic carbocycles. The molecule has 13 heavy (non-hydrogen) atoms. The van der Waals surface area contributed by atoms with Gasteiger partial charge in [-0.15, -0.1) is 0 Å². The summed E-state index contributed by atoms with van der Waals surface area (Å²) in [6.07, 6.45) is 4.03. The monoisotopic (exact) mass is 206 g/mol. The van der Waals surface area contributed by atoms with Gasteiger partial charge >= 0.3 is 0 Å². The highest BCUT2D eigenvalue weighted by Gasteiger charge is 2.27. The lowest BCUT2D eigenvalue weighted by atomic mass is 10.0. The lowest BCUT2D eigenvalue weighted by molar-refractivity contribution is 0.217. The fourth-order valence-electron chi connectivity index (χ4n) is 1.90. The Morgan fingerprint density at radius 1 is 1.31 bits per heavy atom. The van der Waals surface area contributed by atoms with Crippen LogP contribution in [0.5, 0.6) is 0 Å². The van der Waals surface area contributed by atoms with E-state index in [9.17, 15) is 8.42 Å². The van der Waals surface area contributed by atoms with Crippen LogP contribution in [0.25, 0.3) is 0 Å². The third-order valence-electron chi connectivity index (χ3n) is 2.53. The summed E-state index contributed by atoms with van der Waals surface area (Å²) >= 11 is 0. The van der Waals surface area contributed by atoms with Gasteiger partial charge in [0.2, 0.25) is 0 Å². The highest BCUT2D eigenvalue weighted by molar-refractivity contribution is 7.92. The van der Waals surface area contributed by atoms with Crippen molar-refractivity contribution in [1.82, 2.24) is 0 Å². The van der Waals surface area contributed by atoms with Crippen LogP contribution in [0.3, 0.4) is 0 Å². The van der Waals surface area contributed by atoms with Crippen molar-refractivity contribution in [1.29, 1.82) is 0 Å². The van der Waals surface area contributed by atoms with E-state index in [1.165, 1.54) is 6.92 Å². The summed E-state index contributed by atoms with van der Waals surface area (Å²) in [5.41, 5.74) is 0. The minimum atomic E-state index is -3.03. The number of sulfone groups is 1. The lowest BCUT2D eigenvalue weighted by Crippen LogP contribution is -2.30. The molecule has 1 unspecified atom stereocenters. The third kappa shape index (κ3) is 3.27. The molecule has 1 rings (SSSR count). The van der Waals surface area contributed by atoms with Gasteiger partial charge in [0.1, 0.15) is 0 Å². The van der Waals surface area contributed by atoms with Crippen molar-refractivity contribution in [2.24, 2.45) is 0 Å². The van der Waals surface area contributed by atoms with Crippen molar-refractivity contribution in [3.63, 3.8) is 0 Å². The van der Waals surface area contributed by atoms with Crippen molar-refractivity contribution in [2.45, 2.75) is 50.4 Å². The minimum Gasteiger partial charge on any atom is -0.392 e. The SMILES string of the molecule is CC(O)CS(=O)(=O)C1CCCCC1. The summed E-state index contributed by atoms with van der Waals surface area (Å²) in [7, 11) is -3.03. The van der Waals surface area contributed by atoms with Crippen LogP contribution in [0.2, 0.25) is 0 Å². The molecule has 0 aromatic heterocycles. The van der Waals surface area contributed by atoms with Crippen LogP contribution in [-0.4, -0.2) is 30.6 Å². The molecule has 1 saturated carbocycles. The van der Waals surface area contributed by atoms with Gasteiger partial charge in [-0.1, -0.05) is 19.3 Å². The number of hydrogen-bond donors (Lipinski definition) is 1. The Kier molecular flexibility index (Phi) is 3.74. The molecule has 0 aromatic rings. The van der Waals surface area contributed by atoms with E-state index in [0.29, 0.717) is 0 Å². The first-order valence-electron chi connectivity index (χ1n) is 4.92. The number of rotatable bonds is 3. The van der Waals surface area contributed by atoms with E-state index < -0.39 is 15.9 Å². The Hall–Kier alpha value is -0.0900. The molecule has 1 fully saturated rings. The van der Waals surface area contributed by atoms with E-state index in [1.54, 1.807) is 0 Å². The Balaban J connectivity index is 2.57. The van der Waals surface area contributed by atoms with E-state index in [4.69, 9.17) is 5.11 Å². The van der Waals surface area contributed by atoms with E-state index in [1.807, 2.05) is 0 Å². The topological polar surface area (TPSA) is 54.4 Å². The fourth-order valence-corrected chi connectivity index (χ4v) is 3.89. The molecule has 0 radical (unpaired) electrons. The summed E-state index contributed by atoms with van der Waals surface area (Å²) in [6.45, 7) is 1.53. The molecule has 0 amide bonds. The zero-order valence-electron chi connectivity index (χ0n) is 8.07. The smallest absolute Gasteiger partial charge is 0.155 e. The molecule has 0 aliphatic heterocycles. The van der Waals surface area contributed by atoms with E-state index >= 15 is 0 Å². The van der Waals surface area contributed by atoms with E-state index in [0.717, 1.165) is 32.1 Å². The number of hydrogen-bond acceptors (Lipinski definition) is 3. The summed E-state index contributed by atoms with van der Waals surface area (Å²) in [5.74, 6) is -0.0718. The van der Waals surface area contributed by atoms with Crippen molar-refractivity contribution in [3.05, 3.63) is 0 Å². The molecule has 4 heteroatoms. The first-order valence-corrected chi connectivity index (χ1v) is 6.63. The molecule has 1 atom stereocenters. The van der Waals surface area contributed by atoms with Crippen LogP contribution >= 0.6 is 0 Å². The van der Waals surface area contributed by atoms with Crippen molar-refractivity contribution < 1.29 is 13.5 Å². The fraction of sp³-hybridized carbons (Fsp3) is 1.00. The lowest BCUT2D eigenvalue weighted by Gasteiger charge is -2.22. The molecule has 0 bridgehead atoms. The van der Waals surface area contributed by atoms with Crippen molar-refractivity contribution in [3.8, 4) is 0 Å². The summed E-state index contributed by atoms with van der Waals surface area (Å²) in [5, 5.41) is 8.86. The van der Waals surface area contributed by atoms with Gasteiger partial charge in [0.15, 0.2) is 9.84 Å². The average Bonchev–Trinajstić information content (AvgIpc) is 2.04. The molecule has 1 aliphatic carbocycles. The molecule has 0 saturated heterocycles. The maximum atomic E-state index is 11.6. The van der Waals surface area contributed by atoms with Gasteiger partial charge in [-0.2, -0.15) is 0 Å². The van der Waals surface area contributed by atoms with Crippen molar-refractivity contribution >= 4 is 9.84 Å². The van der Waals surface area contributed by atoms with Crippen LogP contribution in [0.15, 0.2) is 0 Å². The van der Waals surface area contributed by atoms with Crippen LogP contribution in [0.4, 0.5) is 0 Å². The Labute approximate surface area is 80.1 Å². The summed E-state index contributed by atoms with van der Waals surface area (Å²) in [6, 6.07) is 0. The van der Waals surface area contributed by atoms with Gasteiger partial charge in [-0.05, 0) is 19.8 Å². The maximum absolute atomic E-state index is 11.6. The first kappa shape index (κ1) is 11.0. The zero-order valence-corrected chi connectivity index (χ0v) is 8.89. The maximum Gasteiger partial charge on any atom is 0.155 e.